The van der Waals surface area contributed by atoms with Gasteiger partial charge in [-0.2, -0.15) is 0 Å². The summed E-state index contributed by atoms with van der Waals surface area (Å²) >= 11 is 0. The molecule has 11 heteroatoms. The van der Waals surface area contributed by atoms with E-state index in [-0.39, 0.29) is 38.4 Å². The van der Waals surface area contributed by atoms with Crippen molar-refractivity contribution in [1.82, 2.24) is 0 Å². The molecule has 0 saturated heterocycles. The Morgan fingerprint density at radius 3 is 1.73 bits per heavy atom. The van der Waals surface area contributed by atoms with Gasteiger partial charge >= 0.3 is 19.8 Å². The van der Waals surface area contributed by atoms with Crippen molar-refractivity contribution in [3.8, 4) is 0 Å². The van der Waals surface area contributed by atoms with Gasteiger partial charge in [-0.05, 0) is 63.9 Å². The fraction of sp³-hybridized carbons (Fsp3) is 0.780. The molecule has 0 aliphatic heterocycles. The summed E-state index contributed by atoms with van der Waals surface area (Å²) in [7, 11) is -4.40. The van der Waals surface area contributed by atoms with Crippen molar-refractivity contribution in [2.75, 3.05) is 26.4 Å². The Labute approximate surface area is 316 Å². The highest BCUT2D eigenvalue weighted by Crippen LogP contribution is 2.43. The van der Waals surface area contributed by atoms with Gasteiger partial charge in [0.2, 0.25) is 0 Å². The first-order valence-corrected chi connectivity index (χ1v) is 21.9. The SMILES string of the molecule is CCCCC/C=C\C=C\C(=O)CCCCCCCC(=O)OC[C@H](COP(=O)(O)OCCN)OC(=O)CCCCCCCCC/C=C\CCCCCC. The highest BCUT2D eigenvalue weighted by molar-refractivity contribution is 7.47. The van der Waals surface area contributed by atoms with E-state index in [1.165, 1.54) is 70.6 Å². The zero-order chi connectivity index (χ0) is 38.4. The molecule has 0 fully saturated rings. The quantitative estimate of drug-likeness (QED) is 0.0155. The number of ketones is 1. The maximum absolute atomic E-state index is 12.5. The monoisotopic (exact) mass is 756 g/mol. The van der Waals surface area contributed by atoms with Crippen molar-refractivity contribution in [1.29, 1.82) is 0 Å². The number of esters is 2. The number of hydrogen-bond donors (Lipinski definition) is 2. The maximum atomic E-state index is 12.5. The minimum absolute atomic E-state index is 0.0348. The van der Waals surface area contributed by atoms with E-state index in [1.807, 2.05) is 12.2 Å². The van der Waals surface area contributed by atoms with Crippen LogP contribution >= 0.6 is 7.82 Å². The van der Waals surface area contributed by atoms with Gasteiger partial charge in [0.1, 0.15) is 6.61 Å². The van der Waals surface area contributed by atoms with Gasteiger partial charge < -0.3 is 20.1 Å². The molecule has 0 aromatic rings. The lowest BCUT2D eigenvalue weighted by atomic mass is 10.1. The Kier molecular flexibility index (Phi) is 35.7. The summed E-state index contributed by atoms with van der Waals surface area (Å²) in [5.41, 5.74) is 5.33. The molecular formula is C41H74NO9P. The standard InChI is InChI=1S/C41H74NO9P/c1-3-5-7-9-11-12-13-14-15-16-17-18-20-24-29-33-41(45)51-39(37-50-52(46,47)49-35-34-42)36-48-40(44)32-28-25-21-23-27-31-38(43)30-26-22-19-10-8-6-4-2/h12-13,19,22,26,30,39H,3-11,14-18,20-21,23-25,27-29,31-37,42H2,1-2H3,(H,46,47)/b13-12-,22-19-,30-26+/t39-/m1/s1. The topological polar surface area (TPSA) is 151 Å². The van der Waals surface area contributed by atoms with Gasteiger partial charge in [0, 0.05) is 25.8 Å². The molecule has 10 nitrogen and oxygen atoms in total. The summed E-state index contributed by atoms with van der Waals surface area (Å²) in [6.07, 6.45) is 35.6. The van der Waals surface area contributed by atoms with Crippen molar-refractivity contribution < 1.29 is 42.4 Å². The van der Waals surface area contributed by atoms with Crippen LogP contribution in [0.3, 0.4) is 0 Å². The predicted molar refractivity (Wildman–Crippen MR) is 211 cm³/mol. The van der Waals surface area contributed by atoms with Crippen LogP contribution in [0.2, 0.25) is 0 Å². The average molecular weight is 756 g/mol. The van der Waals surface area contributed by atoms with Gasteiger partial charge in [0.15, 0.2) is 11.9 Å². The van der Waals surface area contributed by atoms with Gasteiger partial charge in [-0.15, -0.1) is 0 Å². The molecule has 3 N–H and O–H groups in total. The number of hydrogen-bond acceptors (Lipinski definition) is 9. The van der Waals surface area contributed by atoms with Crippen molar-refractivity contribution in [2.45, 2.75) is 180 Å². The molecule has 0 rings (SSSR count). The molecule has 0 aliphatic carbocycles. The van der Waals surface area contributed by atoms with Crippen LogP contribution in [0, 0.1) is 0 Å². The lowest BCUT2D eigenvalue weighted by Crippen LogP contribution is -2.29. The van der Waals surface area contributed by atoms with Crippen LogP contribution in [0.1, 0.15) is 174 Å². The van der Waals surface area contributed by atoms with Crippen LogP contribution in [0.5, 0.6) is 0 Å². The molecule has 0 saturated carbocycles. The fourth-order valence-corrected chi connectivity index (χ4v) is 6.14. The molecule has 52 heavy (non-hydrogen) atoms. The van der Waals surface area contributed by atoms with E-state index in [0.717, 1.165) is 57.8 Å². The average Bonchev–Trinajstić information content (AvgIpc) is 3.12. The summed E-state index contributed by atoms with van der Waals surface area (Å²) in [6.45, 7) is 3.52. The number of phosphoric acid groups is 1. The van der Waals surface area contributed by atoms with E-state index in [9.17, 15) is 23.8 Å². The molecule has 1 unspecified atom stereocenters. The van der Waals surface area contributed by atoms with Gasteiger partial charge in [-0.3, -0.25) is 23.4 Å². The molecule has 302 valence electrons. The second-order valence-electron chi connectivity index (χ2n) is 13.5. The molecule has 0 bridgehead atoms. The van der Waals surface area contributed by atoms with Crippen molar-refractivity contribution >= 4 is 25.5 Å². The third-order valence-electron chi connectivity index (χ3n) is 8.47. The first-order chi connectivity index (χ1) is 25.2. The van der Waals surface area contributed by atoms with E-state index in [4.69, 9.17) is 24.3 Å². The highest BCUT2D eigenvalue weighted by Gasteiger charge is 2.26. The van der Waals surface area contributed by atoms with E-state index >= 15 is 0 Å². The zero-order valence-electron chi connectivity index (χ0n) is 32.8. The number of carbonyl (C=O) groups is 3. The molecule has 0 amide bonds. The number of carbonyl (C=O) groups excluding carboxylic acids is 3. The summed E-state index contributed by atoms with van der Waals surface area (Å²) < 4.78 is 32.6. The van der Waals surface area contributed by atoms with Crippen LogP contribution in [-0.4, -0.2) is 55.1 Å². The van der Waals surface area contributed by atoms with Gasteiger partial charge in [-0.25, -0.2) is 4.57 Å². The number of ether oxygens (including phenoxy) is 2. The van der Waals surface area contributed by atoms with E-state index in [0.29, 0.717) is 19.3 Å². The lowest BCUT2D eigenvalue weighted by Gasteiger charge is -2.19. The van der Waals surface area contributed by atoms with Crippen LogP contribution in [0.15, 0.2) is 36.5 Å². The number of allylic oxidation sites excluding steroid dienone is 6. The Hall–Kier alpha value is -2.10. The Balaban J connectivity index is 4.28. The summed E-state index contributed by atoms with van der Waals surface area (Å²) in [4.78, 5) is 46.8. The smallest absolute Gasteiger partial charge is 0.462 e. The molecule has 0 heterocycles. The Morgan fingerprint density at radius 2 is 1.12 bits per heavy atom. The number of nitrogens with two attached hydrogens (primary N) is 1. The van der Waals surface area contributed by atoms with E-state index < -0.39 is 32.5 Å². The first-order valence-electron chi connectivity index (χ1n) is 20.4. The van der Waals surface area contributed by atoms with Crippen LogP contribution in [-0.2, 0) is 37.5 Å². The summed E-state index contributed by atoms with van der Waals surface area (Å²) in [6, 6.07) is 0. The van der Waals surface area contributed by atoms with Gasteiger partial charge in [0.25, 0.3) is 0 Å². The Morgan fingerprint density at radius 1 is 0.615 bits per heavy atom. The number of unbranched alkanes of at least 4 members (excludes halogenated alkanes) is 18. The molecule has 0 aliphatic rings. The normalized spacial score (nSPS) is 13.6. The lowest BCUT2D eigenvalue weighted by molar-refractivity contribution is -0.161. The third-order valence-corrected chi connectivity index (χ3v) is 9.46. The van der Waals surface area contributed by atoms with E-state index in [2.05, 4.69) is 32.1 Å². The first kappa shape index (κ1) is 49.9. The van der Waals surface area contributed by atoms with Crippen LogP contribution in [0.4, 0.5) is 0 Å². The minimum atomic E-state index is -4.40. The fourth-order valence-electron chi connectivity index (χ4n) is 5.37. The van der Waals surface area contributed by atoms with Gasteiger partial charge in [-0.1, -0.05) is 128 Å². The molecule has 2 atom stereocenters. The largest absolute Gasteiger partial charge is 0.472 e. The third kappa shape index (κ3) is 36.3. The molecule has 0 aromatic heterocycles. The molecule has 0 aromatic carbocycles. The summed E-state index contributed by atoms with van der Waals surface area (Å²) in [5, 5.41) is 0. The number of rotatable bonds is 38. The molecule has 0 radical (unpaired) electrons. The molecular weight excluding hydrogens is 681 g/mol. The molecule has 0 spiro atoms. The van der Waals surface area contributed by atoms with Crippen molar-refractivity contribution in [2.24, 2.45) is 5.73 Å². The van der Waals surface area contributed by atoms with Gasteiger partial charge in [0.05, 0.1) is 13.2 Å². The minimum Gasteiger partial charge on any atom is -0.462 e. The maximum Gasteiger partial charge on any atom is 0.472 e. The Bertz CT molecular complexity index is 1010. The summed E-state index contributed by atoms with van der Waals surface area (Å²) in [5.74, 6) is -0.804. The zero-order valence-corrected chi connectivity index (χ0v) is 33.7. The van der Waals surface area contributed by atoms with E-state index in [1.54, 1.807) is 6.08 Å². The second kappa shape index (κ2) is 37.2. The second-order valence-corrected chi connectivity index (χ2v) is 15.0. The number of phosphoric ester groups is 1. The highest BCUT2D eigenvalue weighted by atomic mass is 31.2. The van der Waals surface area contributed by atoms with Crippen molar-refractivity contribution in [3.05, 3.63) is 36.5 Å². The van der Waals surface area contributed by atoms with Crippen LogP contribution in [0.25, 0.3) is 0 Å². The van der Waals surface area contributed by atoms with Crippen molar-refractivity contribution in [3.63, 3.8) is 0 Å². The predicted octanol–water partition coefficient (Wildman–Crippen LogP) is 10.6. The van der Waals surface area contributed by atoms with Crippen LogP contribution < -0.4 is 5.73 Å².